The van der Waals surface area contributed by atoms with Crippen LogP contribution < -0.4 is 5.73 Å². The summed E-state index contributed by atoms with van der Waals surface area (Å²) in [6, 6.07) is 11.4. The van der Waals surface area contributed by atoms with E-state index in [1.807, 2.05) is 30.3 Å². The zero-order valence-corrected chi connectivity index (χ0v) is 10.1. The van der Waals surface area contributed by atoms with Gasteiger partial charge in [0.15, 0.2) is 0 Å². The molecule has 2 N–H and O–H groups in total. The Balaban J connectivity index is 2.10. The molecule has 0 saturated heterocycles. The summed E-state index contributed by atoms with van der Waals surface area (Å²) < 4.78 is 37.2. The first kappa shape index (κ1) is 13.5. The first-order valence-electron chi connectivity index (χ1n) is 5.79. The Labute approximate surface area is 109 Å². The number of nitrogens with two attached hydrogens (primary N) is 1. The fourth-order valence-corrected chi connectivity index (χ4v) is 1.76. The maximum atomic E-state index is 12.4. The van der Waals surface area contributed by atoms with E-state index in [0.717, 1.165) is 17.8 Å². The predicted octanol–water partition coefficient (Wildman–Crippen LogP) is 3.34. The molecule has 1 aromatic heterocycles. The number of halogens is 3. The molecule has 0 fully saturated rings. The van der Waals surface area contributed by atoms with Crippen molar-refractivity contribution in [2.75, 3.05) is 0 Å². The van der Waals surface area contributed by atoms with Crippen LogP contribution in [-0.4, -0.2) is 4.98 Å². The molecular formula is C14H13F3N2. The van der Waals surface area contributed by atoms with Crippen LogP contribution in [0.3, 0.4) is 0 Å². The Morgan fingerprint density at radius 2 is 1.74 bits per heavy atom. The minimum atomic E-state index is -4.37. The molecule has 0 radical (unpaired) electrons. The molecule has 0 amide bonds. The second kappa shape index (κ2) is 5.40. The smallest absolute Gasteiger partial charge is 0.322 e. The molecule has 1 heterocycles. The van der Waals surface area contributed by atoms with Gasteiger partial charge in [-0.2, -0.15) is 13.2 Å². The summed E-state index contributed by atoms with van der Waals surface area (Å²) in [5.41, 5.74) is 6.66. The van der Waals surface area contributed by atoms with Crippen molar-refractivity contribution in [2.45, 2.75) is 18.6 Å². The van der Waals surface area contributed by atoms with Gasteiger partial charge in [-0.3, -0.25) is 4.98 Å². The first-order chi connectivity index (χ1) is 8.97. The molecule has 5 heteroatoms. The minimum Gasteiger partial charge on any atom is -0.322 e. The quantitative estimate of drug-likeness (QED) is 0.925. The van der Waals surface area contributed by atoms with Crippen LogP contribution in [0.25, 0.3) is 0 Å². The van der Waals surface area contributed by atoms with Gasteiger partial charge in [0.25, 0.3) is 0 Å². The van der Waals surface area contributed by atoms with Crippen LogP contribution in [0.15, 0.2) is 48.7 Å². The topological polar surface area (TPSA) is 38.9 Å². The van der Waals surface area contributed by atoms with Crippen molar-refractivity contribution in [1.29, 1.82) is 0 Å². The Kier molecular flexibility index (Phi) is 3.85. The lowest BCUT2D eigenvalue weighted by atomic mass is 10.0. The third-order valence-electron chi connectivity index (χ3n) is 2.79. The Bertz CT molecular complexity index is 521. The third kappa shape index (κ3) is 3.54. The molecule has 1 aromatic carbocycles. The van der Waals surface area contributed by atoms with Gasteiger partial charge in [0, 0.05) is 6.20 Å². The van der Waals surface area contributed by atoms with Gasteiger partial charge >= 0.3 is 6.18 Å². The van der Waals surface area contributed by atoms with Gasteiger partial charge in [0.1, 0.15) is 0 Å². The summed E-state index contributed by atoms with van der Waals surface area (Å²) in [6.45, 7) is 0. The maximum Gasteiger partial charge on any atom is 0.417 e. The van der Waals surface area contributed by atoms with Gasteiger partial charge in [0.05, 0.1) is 17.3 Å². The van der Waals surface area contributed by atoms with Crippen molar-refractivity contribution in [3.63, 3.8) is 0 Å². The number of aromatic nitrogens is 1. The van der Waals surface area contributed by atoms with Crippen LogP contribution in [0.4, 0.5) is 13.2 Å². The van der Waals surface area contributed by atoms with E-state index in [4.69, 9.17) is 5.73 Å². The van der Waals surface area contributed by atoms with E-state index in [-0.39, 0.29) is 0 Å². The fourth-order valence-electron chi connectivity index (χ4n) is 1.76. The molecule has 2 nitrogen and oxygen atoms in total. The maximum absolute atomic E-state index is 12.4. The Morgan fingerprint density at radius 3 is 2.26 bits per heavy atom. The van der Waals surface area contributed by atoms with E-state index in [1.54, 1.807) is 0 Å². The van der Waals surface area contributed by atoms with Crippen molar-refractivity contribution in [3.05, 3.63) is 65.5 Å². The first-order valence-corrected chi connectivity index (χ1v) is 5.79. The number of benzene rings is 1. The summed E-state index contributed by atoms with van der Waals surface area (Å²) in [5, 5.41) is 0. The predicted molar refractivity (Wildman–Crippen MR) is 66.3 cm³/mol. The van der Waals surface area contributed by atoms with Gasteiger partial charge < -0.3 is 5.73 Å². The third-order valence-corrected chi connectivity index (χ3v) is 2.79. The molecule has 0 aliphatic carbocycles. The van der Waals surface area contributed by atoms with Crippen molar-refractivity contribution in [1.82, 2.24) is 4.98 Å². The Morgan fingerprint density at radius 1 is 1.05 bits per heavy atom. The molecule has 0 saturated carbocycles. The van der Waals surface area contributed by atoms with E-state index in [0.29, 0.717) is 12.1 Å². The normalized spacial score (nSPS) is 13.3. The summed E-state index contributed by atoms with van der Waals surface area (Å²) in [5.74, 6) is 0. The van der Waals surface area contributed by atoms with Crippen molar-refractivity contribution in [3.8, 4) is 0 Å². The molecule has 1 unspecified atom stereocenters. The highest BCUT2D eigenvalue weighted by molar-refractivity contribution is 5.22. The monoisotopic (exact) mass is 266 g/mol. The number of nitrogens with zero attached hydrogens (tertiary/aromatic N) is 1. The SMILES string of the molecule is NC(Cc1ccccc1)c1ccc(C(F)(F)F)cn1. The highest BCUT2D eigenvalue weighted by atomic mass is 19.4. The molecule has 100 valence electrons. The summed E-state index contributed by atoms with van der Waals surface area (Å²) in [6.07, 6.45) is -3.01. The highest BCUT2D eigenvalue weighted by Gasteiger charge is 2.30. The number of hydrogen-bond acceptors (Lipinski definition) is 2. The van der Waals surface area contributed by atoms with E-state index in [9.17, 15) is 13.2 Å². The Hall–Kier alpha value is -1.88. The van der Waals surface area contributed by atoms with Crippen LogP contribution in [0, 0.1) is 0 Å². The van der Waals surface area contributed by atoms with Crippen molar-refractivity contribution >= 4 is 0 Å². The fraction of sp³-hybridized carbons (Fsp3) is 0.214. The standard InChI is InChI=1S/C14H13F3N2/c15-14(16,17)11-6-7-13(19-9-11)12(18)8-10-4-2-1-3-5-10/h1-7,9,12H,8,18H2. The molecular weight excluding hydrogens is 253 g/mol. The van der Waals surface area contributed by atoms with E-state index in [1.165, 1.54) is 6.07 Å². The van der Waals surface area contributed by atoms with E-state index < -0.39 is 17.8 Å². The molecule has 0 spiro atoms. The van der Waals surface area contributed by atoms with Gasteiger partial charge in [-0.05, 0) is 24.1 Å². The van der Waals surface area contributed by atoms with Crippen LogP contribution in [0.1, 0.15) is 22.9 Å². The molecule has 2 rings (SSSR count). The van der Waals surface area contributed by atoms with Crippen molar-refractivity contribution in [2.24, 2.45) is 5.73 Å². The van der Waals surface area contributed by atoms with Gasteiger partial charge in [-0.15, -0.1) is 0 Å². The average molecular weight is 266 g/mol. The number of alkyl halides is 3. The molecule has 2 aromatic rings. The second-order valence-electron chi connectivity index (χ2n) is 4.27. The largest absolute Gasteiger partial charge is 0.417 e. The highest BCUT2D eigenvalue weighted by Crippen LogP contribution is 2.29. The van der Waals surface area contributed by atoms with E-state index in [2.05, 4.69) is 4.98 Å². The van der Waals surface area contributed by atoms with E-state index >= 15 is 0 Å². The molecule has 1 atom stereocenters. The molecule has 0 aliphatic heterocycles. The van der Waals surface area contributed by atoms with Gasteiger partial charge in [0.2, 0.25) is 0 Å². The number of rotatable bonds is 3. The lowest BCUT2D eigenvalue weighted by Crippen LogP contribution is -2.15. The number of pyridine rings is 1. The summed E-state index contributed by atoms with van der Waals surface area (Å²) >= 11 is 0. The zero-order chi connectivity index (χ0) is 13.9. The van der Waals surface area contributed by atoms with Crippen LogP contribution in [0.5, 0.6) is 0 Å². The van der Waals surface area contributed by atoms with Crippen LogP contribution >= 0.6 is 0 Å². The summed E-state index contributed by atoms with van der Waals surface area (Å²) in [7, 11) is 0. The number of hydrogen-bond donors (Lipinski definition) is 1. The lowest BCUT2D eigenvalue weighted by molar-refractivity contribution is -0.137. The summed E-state index contributed by atoms with van der Waals surface area (Å²) in [4.78, 5) is 3.80. The van der Waals surface area contributed by atoms with Gasteiger partial charge in [-0.25, -0.2) is 0 Å². The molecule has 0 bridgehead atoms. The lowest BCUT2D eigenvalue weighted by Gasteiger charge is -2.12. The van der Waals surface area contributed by atoms with Gasteiger partial charge in [-0.1, -0.05) is 30.3 Å². The van der Waals surface area contributed by atoms with Crippen LogP contribution in [0.2, 0.25) is 0 Å². The molecule has 0 aliphatic rings. The zero-order valence-electron chi connectivity index (χ0n) is 10.1. The second-order valence-corrected chi connectivity index (χ2v) is 4.27. The van der Waals surface area contributed by atoms with Crippen molar-refractivity contribution < 1.29 is 13.2 Å². The van der Waals surface area contributed by atoms with Crippen LogP contribution in [-0.2, 0) is 12.6 Å². The average Bonchev–Trinajstić information content (AvgIpc) is 2.39. The molecule has 19 heavy (non-hydrogen) atoms. The minimum absolute atomic E-state index is 0.412.